The Bertz CT molecular complexity index is 1010. The van der Waals surface area contributed by atoms with Crippen LogP contribution < -0.4 is 5.73 Å². The molecule has 1 saturated carbocycles. The van der Waals surface area contributed by atoms with Gasteiger partial charge in [-0.15, -0.1) is 0 Å². The van der Waals surface area contributed by atoms with E-state index in [0.717, 1.165) is 0 Å². The zero-order valence-electron chi connectivity index (χ0n) is 15.3. The van der Waals surface area contributed by atoms with Gasteiger partial charge in [0.15, 0.2) is 5.69 Å². The van der Waals surface area contributed by atoms with E-state index < -0.39 is 24.8 Å². The molecular formula is C18H19F3N6O2. The number of carbonyl (C=O) groups is 1. The molecule has 1 aliphatic rings. The van der Waals surface area contributed by atoms with Crippen LogP contribution in [0.2, 0.25) is 0 Å². The van der Waals surface area contributed by atoms with Gasteiger partial charge in [0.25, 0.3) is 5.91 Å². The maximum Gasteiger partial charge on any atom is 0.411 e. The number of alkyl halides is 3. The Balaban J connectivity index is 1.58. The first-order valence-corrected chi connectivity index (χ1v) is 9.16. The van der Waals surface area contributed by atoms with Gasteiger partial charge in [0.1, 0.15) is 24.3 Å². The van der Waals surface area contributed by atoms with Crippen LogP contribution in [0.15, 0.2) is 31.0 Å². The van der Waals surface area contributed by atoms with Crippen molar-refractivity contribution in [2.24, 2.45) is 5.73 Å². The second-order valence-electron chi connectivity index (χ2n) is 7.05. The molecule has 4 rings (SSSR count). The molecule has 3 heterocycles. The Morgan fingerprint density at radius 1 is 1.28 bits per heavy atom. The molecular weight excluding hydrogens is 389 g/mol. The van der Waals surface area contributed by atoms with Crippen molar-refractivity contribution in [1.82, 2.24) is 24.3 Å². The van der Waals surface area contributed by atoms with Crippen molar-refractivity contribution >= 4 is 16.8 Å². The summed E-state index contributed by atoms with van der Waals surface area (Å²) >= 11 is 0. The number of amides is 1. The number of halogens is 3. The van der Waals surface area contributed by atoms with E-state index in [1.54, 1.807) is 40.2 Å². The maximum absolute atomic E-state index is 12.3. The summed E-state index contributed by atoms with van der Waals surface area (Å²) in [6.45, 7) is -1.24. The van der Waals surface area contributed by atoms with E-state index in [1.165, 1.54) is 0 Å². The number of hydrogen-bond donors (Lipinski definition) is 1. The molecule has 0 spiro atoms. The Kier molecular flexibility index (Phi) is 4.99. The number of nitrogens with two attached hydrogens (primary N) is 1. The highest BCUT2D eigenvalue weighted by Gasteiger charge is 2.32. The summed E-state index contributed by atoms with van der Waals surface area (Å²) in [5, 5.41) is 5.12. The van der Waals surface area contributed by atoms with Gasteiger partial charge >= 0.3 is 6.18 Å². The van der Waals surface area contributed by atoms with Crippen LogP contribution in [0.3, 0.4) is 0 Å². The van der Waals surface area contributed by atoms with Crippen molar-refractivity contribution in [3.63, 3.8) is 0 Å². The first-order chi connectivity index (χ1) is 13.8. The van der Waals surface area contributed by atoms with E-state index in [4.69, 9.17) is 10.5 Å². The highest BCUT2D eigenvalue weighted by molar-refractivity contribution is 6.03. The third kappa shape index (κ3) is 4.09. The van der Waals surface area contributed by atoms with Gasteiger partial charge in [0.05, 0.1) is 18.3 Å². The van der Waals surface area contributed by atoms with E-state index in [-0.39, 0.29) is 11.7 Å². The average Bonchev–Trinajstić information content (AvgIpc) is 3.35. The number of primary amides is 1. The molecule has 0 unspecified atom stereocenters. The summed E-state index contributed by atoms with van der Waals surface area (Å²) < 4.78 is 45.4. The standard InChI is InChI=1S/C18H19F3N6O2/c19-18(20,21)9-29-13-3-1-12(2-4-13)27-16-11(8-24-27)7-14(25-15(16)17(22)28)26-6-5-23-10-26/h5-8,10,12-13H,1-4,9H2,(H2,22,28). The van der Waals surface area contributed by atoms with Gasteiger partial charge in [-0.05, 0) is 31.7 Å². The summed E-state index contributed by atoms with van der Waals surface area (Å²) in [5.74, 6) is -0.187. The van der Waals surface area contributed by atoms with Crippen LogP contribution in [-0.4, -0.2) is 49.1 Å². The second kappa shape index (κ2) is 7.47. The lowest BCUT2D eigenvalue weighted by molar-refractivity contribution is -0.188. The van der Waals surface area contributed by atoms with Gasteiger partial charge < -0.3 is 10.5 Å². The Labute approximate surface area is 163 Å². The quantitative estimate of drug-likeness (QED) is 0.700. The molecule has 1 amide bonds. The topological polar surface area (TPSA) is 101 Å². The minimum atomic E-state index is -4.33. The molecule has 11 heteroatoms. The first kappa shape index (κ1) is 19.4. The fourth-order valence-electron chi connectivity index (χ4n) is 3.71. The van der Waals surface area contributed by atoms with E-state index in [1.807, 2.05) is 0 Å². The van der Waals surface area contributed by atoms with E-state index in [0.29, 0.717) is 42.4 Å². The molecule has 0 bridgehead atoms. The predicted molar refractivity (Wildman–Crippen MR) is 96.5 cm³/mol. The Morgan fingerprint density at radius 3 is 2.66 bits per heavy atom. The molecule has 1 aliphatic carbocycles. The lowest BCUT2D eigenvalue weighted by Gasteiger charge is -2.29. The number of nitrogens with zero attached hydrogens (tertiary/aromatic N) is 5. The number of hydrogen-bond acceptors (Lipinski definition) is 5. The van der Waals surface area contributed by atoms with Gasteiger partial charge in [0.2, 0.25) is 0 Å². The van der Waals surface area contributed by atoms with Crippen LogP contribution in [0.5, 0.6) is 0 Å². The molecule has 1 fully saturated rings. The third-order valence-corrected chi connectivity index (χ3v) is 5.03. The minimum Gasteiger partial charge on any atom is -0.369 e. The number of pyridine rings is 1. The summed E-state index contributed by atoms with van der Waals surface area (Å²) in [4.78, 5) is 20.4. The molecule has 0 radical (unpaired) electrons. The summed E-state index contributed by atoms with van der Waals surface area (Å²) in [5.41, 5.74) is 6.19. The Morgan fingerprint density at radius 2 is 2.03 bits per heavy atom. The van der Waals surface area contributed by atoms with Gasteiger partial charge in [-0.3, -0.25) is 14.0 Å². The molecule has 0 aromatic carbocycles. The van der Waals surface area contributed by atoms with Crippen LogP contribution in [0.25, 0.3) is 16.7 Å². The first-order valence-electron chi connectivity index (χ1n) is 9.16. The minimum absolute atomic E-state index is 0.0720. The summed E-state index contributed by atoms with van der Waals surface area (Å²) in [7, 11) is 0. The van der Waals surface area contributed by atoms with Crippen molar-refractivity contribution in [2.45, 2.75) is 44.0 Å². The monoisotopic (exact) mass is 408 g/mol. The van der Waals surface area contributed by atoms with Crippen molar-refractivity contribution in [3.8, 4) is 5.82 Å². The molecule has 3 aromatic heterocycles. The normalized spacial score (nSPS) is 20.2. The molecule has 0 saturated heterocycles. The molecule has 0 aliphatic heterocycles. The molecule has 8 nitrogen and oxygen atoms in total. The van der Waals surface area contributed by atoms with Crippen molar-refractivity contribution in [1.29, 1.82) is 0 Å². The zero-order chi connectivity index (χ0) is 20.6. The zero-order valence-corrected chi connectivity index (χ0v) is 15.3. The van der Waals surface area contributed by atoms with Crippen LogP contribution in [-0.2, 0) is 4.74 Å². The van der Waals surface area contributed by atoms with Crippen LogP contribution in [0, 0.1) is 0 Å². The lowest BCUT2D eigenvalue weighted by atomic mass is 9.93. The van der Waals surface area contributed by atoms with Gasteiger partial charge in [0, 0.05) is 17.8 Å². The predicted octanol–water partition coefficient (Wildman–Crippen LogP) is 2.78. The highest BCUT2D eigenvalue weighted by atomic mass is 19.4. The van der Waals surface area contributed by atoms with Crippen LogP contribution >= 0.6 is 0 Å². The van der Waals surface area contributed by atoms with E-state index in [9.17, 15) is 18.0 Å². The van der Waals surface area contributed by atoms with Crippen molar-refractivity contribution in [3.05, 3.63) is 36.7 Å². The van der Waals surface area contributed by atoms with Crippen LogP contribution in [0.1, 0.15) is 42.2 Å². The summed E-state index contributed by atoms with van der Waals surface area (Å²) in [6.07, 6.45) is 3.86. The molecule has 3 aromatic rings. The largest absolute Gasteiger partial charge is 0.411 e. The van der Waals surface area contributed by atoms with E-state index >= 15 is 0 Å². The fraction of sp³-hybridized carbons (Fsp3) is 0.444. The average molecular weight is 408 g/mol. The van der Waals surface area contributed by atoms with Crippen molar-refractivity contribution < 1.29 is 22.7 Å². The van der Waals surface area contributed by atoms with Gasteiger partial charge in [-0.25, -0.2) is 9.97 Å². The number of fused-ring (bicyclic) bond motifs is 1. The number of aromatic nitrogens is 5. The van der Waals surface area contributed by atoms with Gasteiger partial charge in [-0.2, -0.15) is 18.3 Å². The molecule has 154 valence electrons. The number of ether oxygens (including phenoxy) is 1. The number of carbonyl (C=O) groups excluding carboxylic acids is 1. The number of imidazole rings is 1. The number of rotatable bonds is 5. The summed E-state index contributed by atoms with van der Waals surface area (Å²) in [6, 6.07) is 1.71. The molecule has 0 atom stereocenters. The van der Waals surface area contributed by atoms with Crippen molar-refractivity contribution in [2.75, 3.05) is 6.61 Å². The second-order valence-corrected chi connectivity index (χ2v) is 7.05. The third-order valence-electron chi connectivity index (χ3n) is 5.03. The SMILES string of the molecule is NC(=O)c1nc(-n2ccnc2)cc2cnn(C3CCC(OCC(F)(F)F)CC3)c12. The Hall–Kier alpha value is -2.95. The van der Waals surface area contributed by atoms with Crippen LogP contribution in [0.4, 0.5) is 13.2 Å². The smallest absolute Gasteiger partial charge is 0.369 e. The molecule has 29 heavy (non-hydrogen) atoms. The maximum atomic E-state index is 12.3. The van der Waals surface area contributed by atoms with Gasteiger partial charge in [-0.1, -0.05) is 0 Å². The van der Waals surface area contributed by atoms with E-state index in [2.05, 4.69) is 15.1 Å². The molecule has 2 N–H and O–H groups in total. The lowest BCUT2D eigenvalue weighted by Crippen LogP contribution is -2.28. The highest BCUT2D eigenvalue weighted by Crippen LogP contribution is 2.33. The fourth-order valence-corrected chi connectivity index (χ4v) is 3.71.